The number of hydrogen-bond donors (Lipinski definition) is 0. The predicted octanol–water partition coefficient (Wildman–Crippen LogP) is -1.56. The maximum atomic E-state index is 10.8. The Labute approximate surface area is 106 Å². The van der Waals surface area contributed by atoms with Crippen molar-refractivity contribution in [1.82, 2.24) is 0 Å². The van der Waals surface area contributed by atoms with Crippen molar-refractivity contribution in [2.24, 2.45) is 0 Å². The first-order valence-electron chi connectivity index (χ1n) is 4.00. The van der Waals surface area contributed by atoms with Crippen LogP contribution in [-0.4, -0.2) is 12.4 Å². The number of carbonyl (C=O) groups excluding carboxylic acids is 2. The molecule has 0 spiro atoms. The van der Waals surface area contributed by atoms with Crippen LogP contribution >= 0.6 is 0 Å². The van der Waals surface area contributed by atoms with Gasteiger partial charge >= 0.3 is 42.0 Å². The second-order valence-corrected chi connectivity index (χ2v) is 2.57. The molecule has 0 atom stereocenters. The normalized spacial score (nSPS) is 8.57. The standard InChI is InChI=1S/C10H10O3.Na.H/c11-8-13-10(12)7-6-9-4-2-1-3-5-9;;/h1-5,8H,6-7H2;;/q;+1;-1. The van der Waals surface area contributed by atoms with E-state index >= 15 is 0 Å². The molecule has 0 saturated heterocycles. The van der Waals surface area contributed by atoms with E-state index in [1.165, 1.54) is 0 Å². The van der Waals surface area contributed by atoms with Crippen LogP contribution in [0.15, 0.2) is 30.3 Å². The molecule has 3 nitrogen and oxygen atoms in total. The fourth-order valence-corrected chi connectivity index (χ4v) is 1.00. The largest absolute Gasteiger partial charge is 1.00 e. The van der Waals surface area contributed by atoms with Crippen molar-refractivity contribution in [2.45, 2.75) is 12.8 Å². The summed E-state index contributed by atoms with van der Waals surface area (Å²) < 4.78 is 4.14. The van der Waals surface area contributed by atoms with Crippen LogP contribution in [0.4, 0.5) is 0 Å². The molecule has 0 N–H and O–H groups in total. The Balaban J connectivity index is 0. The summed E-state index contributed by atoms with van der Waals surface area (Å²) in [6, 6.07) is 9.57. The number of benzene rings is 1. The maximum absolute atomic E-state index is 10.8. The van der Waals surface area contributed by atoms with Crippen molar-refractivity contribution < 1.29 is 45.3 Å². The monoisotopic (exact) mass is 202 g/mol. The molecule has 0 heterocycles. The summed E-state index contributed by atoms with van der Waals surface area (Å²) in [5, 5.41) is 0. The molecule has 0 unspecified atom stereocenters. The van der Waals surface area contributed by atoms with Crippen molar-refractivity contribution in [1.29, 1.82) is 0 Å². The van der Waals surface area contributed by atoms with Gasteiger partial charge in [0, 0.05) is 0 Å². The van der Waals surface area contributed by atoms with Gasteiger partial charge in [0.05, 0.1) is 6.42 Å². The van der Waals surface area contributed by atoms with Crippen LogP contribution in [0.25, 0.3) is 0 Å². The van der Waals surface area contributed by atoms with Crippen LogP contribution in [0.5, 0.6) is 0 Å². The number of rotatable bonds is 4. The van der Waals surface area contributed by atoms with Crippen LogP contribution in [0, 0.1) is 0 Å². The number of aryl methyl sites for hydroxylation is 1. The Morgan fingerprint density at radius 2 is 2.00 bits per heavy atom. The van der Waals surface area contributed by atoms with Gasteiger partial charge in [-0.3, -0.25) is 9.59 Å². The zero-order chi connectivity index (χ0) is 9.52. The molecule has 0 saturated carbocycles. The van der Waals surface area contributed by atoms with Crippen LogP contribution < -0.4 is 29.6 Å². The molecule has 70 valence electrons. The van der Waals surface area contributed by atoms with Crippen LogP contribution in [0.2, 0.25) is 0 Å². The first-order chi connectivity index (χ1) is 6.33. The van der Waals surface area contributed by atoms with E-state index in [1.807, 2.05) is 30.3 Å². The molecule has 0 aliphatic rings. The van der Waals surface area contributed by atoms with Crippen LogP contribution in [0.3, 0.4) is 0 Å². The molecular formula is C10H11NaO3. The topological polar surface area (TPSA) is 43.4 Å². The van der Waals surface area contributed by atoms with Gasteiger partial charge < -0.3 is 6.16 Å². The number of hydrogen-bond acceptors (Lipinski definition) is 3. The van der Waals surface area contributed by atoms with E-state index in [-0.39, 0.29) is 43.9 Å². The second-order valence-electron chi connectivity index (χ2n) is 2.57. The van der Waals surface area contributed by atoms with Gasteiger partial charge in [0.1, 0.15) is 0 Å². The van der Waals surface area contributed by atoms with Crippen molar-refractivity contribution in [3.63, 3.8) is 0 Å². The molecule has 0 bridgehead atoms. The first kappa shape index (κ1) is 13.4. The summed E-state index contributed by atoms with van der Waals surface area (Å²) in [5.41, 5.74) is 1.06. The van der Waals surface area contributed by atoms with Crippen LogP contribution in [-0.2, 0) is 20.7 Å². The summed E-state index contributed by atoms with van der Waals surface area (Å²) in [5.74, 6) is -0.487. The number of ether oxygens (including phenoxy) is 1. The zero-order valence-electron chi connectivity index (χ0n) is 9.10. The van der Waals surface area contributed by atoms with E-state index in [2.05, 4.69) is 4.74 Å². The minimum atomic E-state index is -0.487. The van der Waals surface area contributed by atoms with Gasteiger partial charge in [0.25, 0.3) is 0 Å². The van der Waals surface area contributed by atoms with Gasteiger partial charge in [-0.15, -0.1) is 0 Å². The van der Waals surface area contributed by atoms with E-state index in [0.717, 1.165) is 5.56 Å². The average Bonchev–Trinajstić information content (AvgIpc) is 2.17. The van der Waals surface area contributed by atoms with Gasteiger partial charge in [-0.05, 0) is 12.0 Å². The summed E-state index contributed by atoms with van der Waals surface area (Å²) in [6.45, 7) is 0.160. The van der Waals surface area contributed by atoms with E-state index in [9.17, 15) is 9.59 Å². The Morgan fingerprint density at radius 1 is 1.36 bits per heavy atom. The minimum Gasteiger partial charge on any atom is -1.00 e. The molecule has 14 heavy (non-hydrogen) atoms. The third kappa shape index (κ3) is 5.17. The Hall–Kier alpha value is -0.640. The van der Waals surface area contributed by atoms with Gasteiger partial charge in [-0.2, -0.15) is 0 Å². The third-order valence-corrected chi connectivity index (χ3v) is 1.64. The van der Waals surface area contributed by atoms with Crippen LogP contribution in [0.1, 0.15) is 13.4 Å². The summed E-state index contributed by atoms with van der Waals surface area (Å²) in [6.07, 6.45) is 0.844. The Bertz CT molecular complexity index is 290. The van der Waals surface area contributed by atoms with E-state index in [1.54, 1.807) is 0 Å². The summed E-state index contributed by atoms with van der Waals surface area (Å²) in [7, 11) is 0. The molecule has 0 aliphatic heterocycles. The molecule has 0 fully saturated rings. The molecule has 0 aromatic heterocycles. The van der Waals surface area contributed by atoms with Gasteiger partial charge in [-0.25, -0.2) is 0 Å². The fraction of sp³-hybridized carbons (Fsp3) is 0.200. The first-order valence-corrected chi connectivity index (χ1v) is 4.00. The van der Waals surface area contributed by atoms with Crippen molar-refractivity contribution in [2.75, 3.05) is 0 Å². The predicted molar refractivity (Wildman–Crippen MR) is 48.0 cm³/mol. The molecule has 4 heteroatoms. The van der Waals surface area contributed by atoms with E-state index in [4.69, 9.17) is 0 Å². The number of carbonyl (C=O) groups is 2. The SMILES string of the molecule is O=COC(=O)CCc1ccccc1.[H-].[Na+]. The average molecular weight is 202 g/mol. The molecule has 1 rings (SSSR count). The van der Waals surface area contributed by atoms with Crippen molar-refractivity contribution >= 4 is 12.4 Å². The van der Waals surface area contributed by atoms with Crippen molar-refractivity contribution in [3.05, 3.63) is 35.9 Å². The molecule has 0 radical (unpaired) electrons. The smallest absolute Gasteiger partial charge is 1.00 e. The maximum Gasteiger partial charge on any atom is 1.00 e. The molecule has 1 aromatic rings. The van der Waals surface area contributed by atoms with E-state index < -0.39 is 5.97 Å². The second kappa shape index (κ2) is 7.74. The number of esters is 1. The summed E-state index contributed by atoms with van der Waals surface area (Å²) >= 11 is 0. The molecule has 1 aromatic carbocycles. The Kier molecular flexibility index (Phi) is 7.38. The molecular weight excluding hydrogens is 191 g/mol. The fourth-order valence-electron chi connectivity index (χ4n) is 1.00. The molecule has 0 amide bonds. The Morgan fingerprint density at radius 3 is 2.57 bits per heavy atom. The quantitative estimate of drug-likeness (QED) is 0.256. The third-order valence-electron chi connectivity index (χ3n) is 1.64. The van der Waals surface area contributed by atoms with Gasteiger partial charge in [0.15, 0.2) is 0 Å². The van der Waals surface area contributed by atoms with E-state index in [0.29, 0.717) is 6.42 Å². The van der Waals surface area contributed by atoms with Gasteiger partial charge in [0.2, 0.25) is 0 Å². The zero-order valence-corrected chi connectivity index (χ0v) is 10.1. The summed E-state index contributed by atoms with van der Waals surface area (Å²) in [4.78, 5) is 20.5. The molecule has 0 aliphatic carbocycles. The minimum absolute atomic E-state index is 0. The van der Waals surface area contributed by atoms with Crippen molar-refractivity contribution in [3.8, 4) is 0 Å². The van der Waals surface area contributed by atoms with Gasteiger partial charge in [-0.1, -0.05) is 30.3 Å².